The third kappa shape index (κ3) is 6.55. The van der Waals surface area contributed by atoms with Gasteiger partial charge in [-0.15, -0.1) is 0 Å². The third-order valence-corrected chi connectivity index (χ3v) is 13.2. The van der Waals surface area contributed by atoms with Crippen LogP contribution in [0.1, 0.15) is 27.8 Å². The second-order valence-electron chi connectivity index (χ2n) is 17.8. The quantitative estimate of drug-likeness (QED) is 0.149. The number of nitrogens with zero attached hydrogens (tertiary/aromatic N) is 3. The van der Waals surface area contributed by atoms with Crippen molar-refractivity contribution in [3.05, 3.63) is 216 Å². The molecule has 0 aliphatic carbocycles. The Morgan fingerprint density at radius 1 is 0.385 bits per heavy atom. The minimum atomic E-state index is -0.0721. The van der Waals surface area contributed by atoms with Crippen LogP contribution < -0.4 is 35.8 Å². The number of ether oxygens (including phenoxy) is 1. The van der Waals surface area contributed by atoms with Gasteiger partial charge >= 0.3 is 0 Å². The molecule has 312 valence electrons. The van der Waals surface area contributed by atoms with Gasteiger partial charge in [-0.1, -0.05) is 113 Å². The van der Waals surface area contributed by atoms with E-state index in [1.807, 2.05) is 12.1 Å². The van der Waals surface area contributed by atoms with E-state index < -0.39 is 0 Å². The summed E-state index contributed by atoms with van der Waals surface area (Å²) in [5.41, 5.74) is 21.0. The van der Waals surface area contributed by atoms with Crippen LogP contribution in [-0.2, 0) is 0 Å². The average molecular weight is 840 g/mol. The van der Waals surface area contributed by atoms with E-state index in [0.29, 0.717) is 0 Å². The second kappa shape index (κ2) is 15.1. The van der Waals surface area contributed by atoms with Gasteiger partial charge in [0.1, 0.15) is 22.7 Å². The van der Waals surface area contributed by atoms with Gasteiger partial charge < -0.3 is 23.9 Å². The molecule has 2 aliphatic rings. The molecule has 2 aliphatic heterocycles. The zero-order chi connectivity index (χ0) is 43.9. The Morgan fingerprint density at radius 3 is 1.57 bits per heavy atom. The fourth-order valence-corrected chi connectivity index (χ4v) is 9.91. The molecular formula is C59H46BN3O2. The minimum absolute atomic E-state index is 0.0721. The average Bonchev–Trinajstić information content (AvgIpc) is 3.69. The largest absolute Gasteiger partial charge is 0.458 e. The first-order valence-corrected chi connectivity index (χ1v) is 22.4. The highest BCUT2D eigenvalue weighted by atomic mass is 16.5. The van der Waals surface area contributed by atoms with E-state index in [-0.39, 0.29) is 6.71 Å². The number of furan rings is 1. The predicted molar refractivity (Wildman–Crippen MR) is 273 cm³/mol. The van der Waals surface area contributed by atoms with Crippen LogP contribution in [-0.4, -0.2) is 6.71 Å². The standard InChI is InChI=1S/C59H46BN3O2/c1-37-10-19-42(20-11-37)61(43-21-12-38(2)13-22-43)48-34-54-59-58(36-48)65-57-35-47(27-29-51(57)60(59)52-32-41(5)18-30-53(52)63(54)45-25-16-40(4)17-26-45)62(44-23-14-39(3)15-24-44)46-28-31-56-50(33-46)49-8-6-7-9-55(49)64-56/h6-36H,1-5H3. The topological polar surface area (TPSA) is 32.1 Å². The van der Waals surface area contributed by atoms with Gasteiger partial charge in [-0.3, -0.25) is 0 Å². The molecular weight excluding hydrogens is 793 g/mol. The molecule has 0 saturated carbocycles. The van der Waals surface area contributed by atoms with Crippen molar-refractivity contribution in [2.75, 3.05) is 14.7 Å². The summed E-state index contributed by atoms with van der Waals surface area (Å²) in [6.45, 7) is 10.7. The Labute approximate surface area is 380 Å². The first-order chi connectivity index (χ1) is 31.7. The van der Waals surface area contributed by atoms with Crippen molar-refractivity contribution in [3.8, 4) is 11.5 Å². The Morgan fingerprint density at radius 2 is 0.908 bits per heavy atom. The van der Waals surface area contributed by atoms with E-state index in [2.05, 4.69) is 225 Å². The molecule has 0 amide bonds. The maximum atomic E-state index is 7.38. The molecule has 0 saturated heterocycles. The van der Waals surface area contributed by atoms with Crippen molar-refractivity contribution in [1.82, 2.24) is 0 Å². The highest BCUT2D eigenvalue weighted by Gasteiger charge is 2.43. The van der Waals surface area contributed by atoms with Crippen molar-refractivity contribution < 1.29 is 9.15 Å². The summed E-state index contributed by atoms with van der Waals surface area (Å²) in [7, 11) is 0. The van der Waals surface area contributed by atoms with Crippen molar-refractivity contribution in [3.63, 3.8) is 0 Å². The van der Waals surface area contributed by atoms with E-state index in [1.54, 1.807) is 0 Å². The van der Waals surface area contributed by atoms with E-state index in [0.717, 1.165) is 95.5 Å². The molecule has 65 heavy (non-hydrogen) atoms. The molecule has 0 bridgehead atoms. The van der Waals surface area contributed by atoms with Crippen LogP contribution in [0.25, 0.3) is 21.9 Å². The van der Waals surface area contributed by atoms with Crippen molar-refractivity contribution in [1.29, 1.82) is 0 Å². The summed E-state index contributed by atoms with van der Waals surface area (Å²) < 4.78 is 13.7. The van der Waals surface area contributed by atoms with Crippen molar-refractivity contribution in [2.45, 2.75) is 34.6 Å². The fourth-order valence-electron chi connectivity index (χ4n) is 9.91. The lowest BCUT2D eigenvalue weighted by molar-refractivity contribution is 0.488. The van der Waals surface area contributed by atoms with E-state index >= 15 is 0 Å². The highest BCUT2D eigenvalue weighted by Crippen LogP contribution is 2.47. The van der Waals surface area contributed by atoms with Crippen LogP contribution >= 0.6 is 0 Å². The van der Waals surface area contributed by atoms with E-state index in [9.17, 15) is 0 Å². The van der Waals surface area contributed by atoms with Gasteiger partial charge in [0, 0.05) is 68.4 Å². The molecule has 0 atom stereocenters. The van der Waals surface area contributed by atoms with Crippen molar-refractivity contribution >= 4 is 96.2 Å². The normalized spacial score (nSPS) is 12.4. The molecule has 5 nitrogen and oxygen atoms in total. The number of benzene rings is 9. The summed E-state index contributed by atoms with van der Waals surface area (Å²) in [5, 5.41) is 2.18. The first-order valence-electron chi connectivity index (χ1n) is 22.4. The number of fused-ring (bicyclic) bond motifs is 7. The molecule has 3 heterocycles. The molecule has 0 fully saturated rings. The first kappa shape index (κ1) is 38.7. The van der Waals surface area contributed by atoms with Gasteiger partial charge in [0.25, 0.3) is 6.71 Å². The second-order valence-corrected chi connectivity index (χ2v) is 17.8. The third-order valence-electron chi connectivity index (χ3n) is 13.2. The van der Waals surface area contributed by atoms with Crippen molar-refractivity contribution in [2.24, 2.45) is 0 Å². The van der Waals surface area contributed by atoms with E-state index in [4.69, 9.17) is 9.15 Å². The fraction of sp³-hybridized carbons (Fsp3) is 0.0847. The minimum Gasteiger partial charge on any atom is -0.458 e. The van der Waals surface area contributed by atoms with Gasteiger partial charge in [-0.25, -0.2) is 0 Å². The number of anilines is 9. The summed E-state index contributed by atoms with van der Waals surface area (Å²) >= 11 is 0. The zero-order valence-corrected chi connectivity index (χ0v) is 37.1. The number of para-hydroxylation sites is 1. The molecule has 12 rings (SSSR count). The van der Waals surface area contributed by atoms with Gasteiger partial charge in [0.2, 0.25) is 0 Å². The van der Waals surface area contributed by atoms with Gasteiger partial charge in [-0.05, 0) is 142 Å². The maximum absolute atomic E-state index is 7.38. The van der Waals surface area contributed by atoms with Crippen LogP contribution in [0.3, 0.4) is 0 Å². The Bertz CT molecular complexity index is 3420. The van der Waals surface area contributed by atoms with Crippen LogP contribution in [0.2, 0.25) is 0 Å². The Kier molecular flexibility index (Phi) is 8.99. The Hall–Kier alpha value is -7.96. The maximum Gasteiger partial charge on any atom is 0.256 e. The number of hydrogen-bond acceptors (Lipinski definition) is 5. The summed E-state index contributed by atoms with van der Waals surface area (Å²) in [4.78, 5) is 7.12. The highest BCUT2D eigenvalue weighted by molar-refractivity contribution is 6.99. The lowest BCUT2D eigenvalue weighted by Gasteiger charge is -2.41. The molecule has 0 radical (unpaired) electrons. The monoisotopic (exact) mass is 839 g/mol. The molecule has 6 heteroatoms. The molecule has 0 spiro atoms. The predicted octanol–water partition coefficient (Wildman–Crippen LogP) is 14.5. The Balaban J connectivity index is 1.09. The van der Waals surface area contributed by atoms with Gasteiger partial charge in [-0.2, -0.15) is 0 Å². The molecule has 10 aromatic rings. The smallest absolute Gasteiger partial charge is 0.256 e. The number of aryl methyl sites for hydroxylation is 5. The van der Waals surface area contributed by atoms with Crippen LogP contribution in [0.15, 0.2) is 192 Å². The molecule has 1 aromatic heterocycles. The van der Waals surface area contributed by atoms with E-state index in [1.165, 1.54) is 33.3 Å². The summed E-state index contributed by atoms with van der Waals surface area (Å²) in [6.07, 6.45) is 0. The summed E-state index contributed by atoms with van der Waals surface area (Å²) in [5.74, 6) is 1.68. The van der Waals surface area contributed by atoms with Crippen LogP contribution in [0.5, 0.6) is 11.5 Å². The number of hydrogen-bond donors (Lipinski definition) is 0. The lowest BCUT2D eigenvalue weighted by atomic mass is 9.34. The van der Waals surface area contributed by atoms with Gasteiger partial charge in [0.05, 0.1) is 5.69 Å². The van der Waals surface area contributed by atoms with Gasteiger partial charge in [0.15, 0.2) is 0 Å². The number of rotatable bonds is 7. The molecule has 0 unspecified atom stereocenters. The SMILES string of the molecule is Cc1ccc(N(c2ccc(C)cc2)c2cc3c4c(c2)N(c2ccc(C)cc2)c2ccc(C)cc2B4c2ccc(N(c4ccc(C)cc4)c4ccc5oc6ccccc6c5c4)cc2O3)cc1. The lowest BCUT2D eigenvalue weighted by Crippen LogP contribution is -2.59. The molecule has 0 N–H and O–H groups in total. The molecule has 9 aromatic carbocycles. The zero-order valence-electron chi connectivity index (χ0n) is 37.1. The van der Waals surface area contributed by atoms with Crippen LogP contribution in [0, 0.1) is 34.6 Å². The summed E-state index contributed by atoms with van der Waals surface area (Å²) in [6, 6.07) is 68.3. The van der Waals surface area contributed by atoms with Crippen LogP contribution in [0.4, 0.5) is 51.2 Å².